The third kappa shape index (κ3) is 8.20. The Morgan fingerprint density at radius 2 is 1.19 bits per heavy atom. The average molecular weight is 493 g/mol. The van der Waals surface area contributed by atoms with Crippen molar-refractivity contribution >= 4 is 51.5 Å². The van der Waals surface area contributed by atoms with E-state index in [-0.39, 0.29) is 0 Å². The molecule has 0 aliphatic rings. The first kappa shape index (κ1) is 26.4. The number of nitrogens with two attached hydrogens (primary N) is 2. The highest BCUT2D eigenvalue weighted by Gasteiger charge is 2.48. The smallest absolute Gasteiger partial charge is 0.203 e. The average Bonchev–Trinajstić information content (AvgIpc) is 2.66. The van der Waals surface area contributed by atoms with E-state index in [0.717, 1.165) is 37.1 Å². The summed E-state index contributed by atoms with van der Waals surface area (Å²) in [4.78, 5) is 3.44. The monoisotopic (exact) mass is 492 g/mol. The Labute approximate surface area is 200 Å². The van der Waals surface area contributed by atoms with Gasteiger partial charge in [-0.2, -0.15) is 0 Å². The molecule has 0 aliphatic heterocycles. The van der Waals surface area contributed by atoms with E-state index >= 15 is 0 Å². The molecule has 0 fully saturated rings. The maximum atomic E-state index is 7.23. The van der Waals surface area contributed by atoms with Crippen molar-refractivity contribution in [2.75, 3.05) is 11.5 Å². The van der Waals surface area contributed by atoms with Gasteiger partial charge in [0.25, 0.3) is 0 Å². The van der Waals surface area contributed by atoms with Crippen LogP contribution >= 0.6 is 23.5 Å². The molecule has 0 saturated heterocycles. The summed E-state index contributed by atoms with van der Waals surface area (Å²) in [5, 5.41) is 0. The van der Waals surface area contributed by atoms with Gasteiger partial charge in [-0.15, -0.1) is 23.5 Å². The molecule has 0 aromatic heterocycles. The van der Waals surface area contributed by atoms with Crippen LogP contribution in [0.5, 0.6) is 0 Å². The molecule has 0 spiro atoms. The summed E-state index contributed by atoms with van der Waals surface area (Å²) in [6.07, 6.45) is 4.62. The van der Waals surface area contributed by atoms with Crippen molar-refractivity contribution in [2.24, 2.45) is 0 Å². The summed E-state index contributed by atoms with van der Waals surface area (Å²) in [5.74, 6) is 0. The van der Waals surface area contributed by atoms with Gasteiger partial charge in [-0.05, 0) is 75.4 Å². The number of thioether (sulfide) groups is 2. The molecule has 0 amide bonds. The molecule has 2 aromatic rings. The van der Waals surface area contributed by atoms with Crippen LogP contribution in [0.3, 0.4) is 0 Å². The van der Waals surface area contributed by atoms with Crippen molar-refractivity contribution in [1.82, 2.24) is 0 Å². The summed E-state index contributed by atoms with van der Waals surface area (Å²) in [7, 11) is -3.93. The van der Waals surface area contributed by atoms with Crippen molar-refractivity contribution in [2.45, 2.75) is 85.3 Å². The second-order valence-corrected chi connectivity index (χ2v) is 21.5. The predicted octanol–water partition coefficient (Wildman–Crippen LogP) is 7.58. The lowest BCUT2D eigenvalue weighted by Crippen LogP contribution is -2.59. The van der Waals surface area contributed by atoms with E-state index in [0.29, 0.717) is 9.75 Å². The minimum Gasteiger partial charge on any atom is -0.454 e. The van der Waals surface area contributed by atoms with Crippen LogP contribution in [0.4, 0.5) is 11.4 Å². The van der Waals surface area contributed by atoms with Crippen molar-refractivity contribution in [1.29, 1.82) is 0 Å². The molecule has 7 heteroatoms. The van der Waals surface area contributed by atoms with Gasteiger partial charge in [0.1, 0.15) is 0 Å². The first-order valence-corrected chi connectivity index (χ1v) is 19.0. The molecule has 172 valence electrons. The van der Waals surface area contributed by atoms with E-state index in [1.807, 2.05) is 35.7 Å². The maximum absolute atomic E-state index is 7.23. The van der Waals surface area contributed by atoms with Crippen LogP contribution in [0, 0.1) is 0 Å². The zero-order valence-corrected chi connectivity index (χ0v) is 23.6. The first-order valence-electron chi connectivity index (χ1n) is 11.3. The Morgan fingerprint density at radius 1 is 0.774 bits per heavy atom. The largest absolute Gasteiger partial charge is 0.454 e. The fourth-order valence-electron chi connectivity index (χ4n) is 3.95. The molecule has 0 radical (unpaired) electrons. The molecule has 2 unspecified atom stereocenters. The normalized spacial score (nSPS) is 15.9. The van der Waals surface area contributed by atoms with E-state index in [2.05, 4.69) is 76.4 Å². The van der Waals surface area contributed by atoms with Gasteiger partial charge in [0.05, 0.1) is 0 Å². The van der Waals surface area contributed by atoms with Gasteiger partial charge in [0.15, 0.2) is 8.32 Å². The lowest BCUT2D eigenvalue weighted by Gasteiger charge is -2.45. The fraction of sp³-hybridized carbons (Fsp3) is 0.500. The first-order chi connectivity index (χ1) is 14.6. The number of benzene rings is 2. The minimum absolute atomic E-state index is 0.469. The Bertz CT molecular complexity index is 772. The Balaban J connectivity index is 2.47. The van der Waals surface area contributed by atoms with Gasteiger partial charge < -0.3 is 15.6 Å². The molecule has 0 saturated carbocycles. The number of nitrogen functional groups attached to an aromatic ring is 2. The zero-order chi connectivity index (χ0) is 23.1. The number of hydrogen-bond acceptors (Lipinski definition) is 5. The molecule has 0 aliphatic carbocycles. The molecule has 2 aromatic carbocycles. The Hall–Kier alpha value is -0.866. The molecular formula is C24H40N2OS2Si2. The molecule has 2 atom stereocenters. The third-order valence-corrected chi connectivity index (χ3v) is 18.1. The SMILES string of the molecule is CCCC(Sc1cccc(N)c1)[Si](C)(O[Si](C)(C)C)C(CCC)Sc1cccc(N)c1. The Morgan fingerprint density at radius 3 is 1.52 bits per heavy atom. The van der Waals surface area contributed by atoms with Crippen molar-refractivity contribution < 1.29 is 4.12 Å². The summed E-state index contributed by atoms with van der Waals surface area (Å²) >= 11 is 3.97. The minimum atomic E-state index is -2.18. The van der Waals surface area contributed by atoms with Crippen LogP contribution in [-0.4, -0.2) is 26.4 Å². The van der Waals surface area contributed by atoms with Crippen LogP contribution in [0.15, 0.2) is 58.3 Å². The highest BCUT2D eigenvalue weighted by atomic mass is 32.2. The number of rotatable bonds is 12. The van der Waals surface area contributed by atoms with Gasteiger partial charge in [0, 0.05) is 30.9 Å². The fourth-order valence-corrected chi connectivity index (χ4v) is 19.3. The summed E-state index contributed by atoms with van der Waals surface area (Å²) < 4.78 is 7.23. The molecule has 4 N–H and O–H groups in total. The van der Waals surface area contributed by atoms with Gasteiger partial charge in [-0.1, -0.05) is 38.8 Å². The second kappa shape index (κ2) is 11.8. The molecule has 2 rings (SSSR count). The molecule has 0 heterocycles. The molecule has 31 heavy (non-hydrogen) atoms. The number of anilines is 2. The Kier molecular flexibility index (Phi) is 10.1. The van der Waals surface area contributed by atoms with E-state index in [1.165, 1.54) is 9.79 Å². The summed E-state index contributed by atoms with van der Waals surface area (Å²) in [6, 6.07) is 16.6. The van der Waals surface area contributed by atoms with Crippen LogP contribution in [0.1, 0.15) is 39.5 Å². The van der Waals surface area contributed by atoms with Gasteiger partial charge in [0.2, 0.25) is 8.32 Å². The van der Waals surface area contributed by atoms with E-state index < -0.39 is 16.6 Å². The molecule has 0 bridgehead atoms. The maximum Gasteiger partial charge on any atom is 0.203 e. The third-order valence-electron chi connectivity index (χ3n) is 5.18. The van der Waals surface area contributed by atoms with E-state index in [1.54, 1.807) is 0 Å². The number of hydrogen-bond donors (Lipinski definition) is 2. The van der Waals surface area contributed by atoms with Crippen LogP contribution < -0.4 is 11.5 Å². The van der Waals surface area contributed by atoms with E-state index in [4.69, 9.17) is 15.6 Å². The standard InChI is InChI=1S/C24H40N2OS2Si2/c1-7-11-23(28-21-15-9-13-19(25)17-21)31(6,27-30(3,4)5)24(12-8-2)29-22-16-10-14-20(26)18-22/h9-10,13-18,23-24H,7-8,11-12,25-26H2,1-6H3. The van der Waals surface area contributed by atoms with Gasteiger partial charge in [-0.3, -0.25) is 0 Å². The lowest BCUT2D eigenvalue weighted by atomic mass is 10.3. The van der Waals surface area contributed by atoms with Gasteiger partial charge >= 0.3 is 0 Å². The summed E-state index contributed by atoms with van der Waals surface area (Å²) in [6.45, 7) is 14.1. The lowest BCUT2D eigenvalue weighted by molar-refractivity contribution is 0.518. The van der Waals surface area contributed by atoms with Crippen molar-refractivity contribution in [3.05, 3.63) is 48.5 Å². The highest BCUT2D eigenvalue weighted by Crippen LogP contribution is 2.43. The van der Waals surface area contributed by atoms with Crippen LogP contribution in [0.2, 0.25) is 26.2 Å². The van der Waals surface area contributed by atoms with E-state index in [9.17, 15) is 0 Å². The second-order valence-electron chi connectivity index (χ2n) is 9.33. The molecular weight excluding hydrogens is 453 g/mol. The predicted molar refractivity (Wildman–Crippen MR) is 147 cm³/mol. The van der Waals surface area contributed by atoms with Crippen LogP contribution in [0.25, 0.3) is 0 Å². The van der Waals surface area contributed by atoms with Gasteiger partial charge in [-0.25, -0.2) is 0 Å². The van der Waals surface area contributed by atoms with Crippen LogP contribution in [-0.2, 0) is 4.12 Å². The van der Waals surface area contributed by atoms with Crippen molar-refractivity contribution in [3.8, 4) is 0 Å². The quantitative estimate of drug-likeness (QED) is 0.182. The molecule has 3 nitrogen and oxygen atoms in total. The zero-order valence-electron chi connectivity index (χ0n) is 20.0. The highest BCUT2D eigenvalue weighted by molar-refractivity contribution is 8.04. The summed E-state index contributed by atoms with van der Waals surface area (Å²) in [5.41, 5.74) is 13.9. The topological polar surface area (TPSA) is 61.3 Å². The van der Waals surface area contributed by atoms with Crippen molar-refractivity contribution in [3.63, 3.8) is 0 Å².